The van der Waals surface area contributed by atoms with Gasteiger partial charge in [0.25, 0.3) is 5.91 Å². The van der Waals surface area contributed by atoms with E-state index in [0.29, 0.717) is 12.1 Å². The molecule has 0 fully saturated rings. The molecule has 2 aromatic rings. The lowest BCUT2D eigenvalue weighted by Crippen LogP contribution is -2.23. The fourth-order valence-corrected chi connectivity index (χ4v) is 2.27. The number of aromatic nitrogens is 2. The summed E-state index contributed by atoms with van der Waals surface area (Å²) in [4.78, 5) is 16.3. The molecule has 112 valence electrons. The SMILES string of the molecule is CCNC(=O)c1ccc(C)c(NC(C)c2nccn2C)c1. The van der Waals surface area contributed by atoms with E-state index >= 15 is 0 Å². The number of amides is 1. The van der Waals surface area contributed by atoms with E-state index in [1.165, 1.54) is 0 Å². The van der Waals surface area contributed by atoms with Crippen LogP contribution in [0.15, 0.2) is 30.6 Å². The van der Waals surface area contributed by atoms with Crippen LogP contribution in [0.25, 0.3) is 0 Å². The Hall–Kier alpha value is -2.30. The zero-order valence-electron chi connectivity index (χ0n) is 13.0. The van der Waals surface area contributed by atoms with Gasteiger partial charge in [-0.3, -0.25) is 4.79 Å². The highest BCUT2D eigenvalue weighted by Crippen LogP contribution is 2.22. The summed E-state index contributed by atoms with van der Waals surface area (Å²) in [5.74, 6) is 0.906. The number of hydrogen-bond donors (Lipinski definition) is 2. The Morgan fingerprint density at radius 1 is 1.43 bits per heavy atom. The number of hydrogen-bond acceptors (Lipinski definition) is 3. The molecule has 1 atom stereocenters. The molecule has 0 aliphatic heterocycles. The average molecular weight is 286 g/mol. The molecule has 0 aliphatic carbocycles. The summed E-state index contributed by atoms with van der Waals surface area (Å²) < 4.78 is 1.99. The van der Waals surface area contributed by atoms with Gasteiger partial charge < -0.3 is 15.2 Å². The molecule has 1 heterocycles. The number of anilines is 1. The van der Waals surface area contributed by atoms with Crippen molar-refractivity contribution in [1.29, 1.82) is 0 Å². The first-order chi connectivity index (χ1) is 10.0. The Morgan fingerprint density at radius 2 is 2.19 bits per heavy atom. The Morgan fingerprint density at radius 3 is 2.81 bits per heavy atom. The van der Waals surface area contributed by atoms with Crippen LogP contribution in [0.1, 0.15) is 41.6 Å². The van der Waals surface area contributed by atoms with E-state index in [4.69, 9.17) is 0 Å². The maximum atomic E-state index is 11.9. The highest BCUT2D eigenvalue weighted by molar-refractivity contribution is 5.95. The molecule has 1 aromatic heterocycles. The van der Waals surface area contributed by atoms with E-state index in [-0.39, 0.29) is 11.9 Å². The molecule has 1 unspecified atom stereocenters. The minimum absolute atomic E-state index is 0.0507. The van der Waals surface area contributed by atoms with Gasteiger partial charge in [0.15, 0.2) is 0 Å². The molecule has 0 spiro atoms. The zero-order valence-corrected chi connectivity index (χ0v) is 13.0. The molecular weight excluding hydrogens is 264 g/mol. The molecular formula is C16H22N4O. The quantitative estimate of drug-likeness (QED) is 0.888. The second kappa shape index (κ2) is 6.43. The monoisotopic (exact) mass is 286 g/mol. The molecule has 1 aromatic carbocycles. The fraction of sp³-hybridized carbons (Fsp3) is 0.375. The van der Waals surface area contributed by atoms with Crippen LogP contribution in [0.4, 0.5) is 5.69 Å². The molecule has 1 amide bonds. The van der Waals surface area contributed by atoms with E-state index in [1.54, 1.807) is 6.20 Å². The standard InChI is InChI=1S/C16H22N4O/c1-5-17-16(21)13-7-6-11(2)14(10-13)19-12(3)15-18-8-9-20(15)4/h6-10,12,19H,5H2,1-4H3,(H,17,21). The average Bonchev–Trinajstić information content (AvgIpc) is 2.87. The van der Waals surface area contributed by atoms with Crippen molar-refractivity contribution in [2.75, 3.05) is 11.9 Å². The normalized spacial score (nSPS) is 12.0. The maximum absolute atomic E-state index is 11.9. The number of rotatable bonds is 5. The third-order valence-corrected chi connectivity index (χ3v) is 3.45. The molecule has 2 rings (SSSR count). The molecule has 0 bridgehead atoms. The highest BCUT2D eigenvalue weighted by atomic mass is 16.1. The minimum Gasteiger partial charge on any atom is -0.375 e. The van der Waals surface area contributed by atoms with Crippen molar-refractivity contribution in [1.82, 2.24) is 14.9 Å². The van der Waals surface area contributed by atoms with Gasteiger partial charge in [0, 0.05) is 37.2 Å². The summed E-state index contributed by atoms with van der Waals surface area (Å²) >= 11 is 0. The number of nitrogens with one attached hydrogen (secondary N) is 2. The summed E-state index contributed by atoms with van der Waals surface area (Å²) in [6, 6.07) is 5.75. The Bertz CT molecular complexity index is 633. The van der Waals surface area contributed by atoms with Crippen molar-refractivity contribution in [3.8, 4) is 0 Å². The van der Waals surface area contributed by atoms with E-state index in [0.717, 1.165) is 17.1 Å². The summed E-state index contributed by atoms with van der Waals surface area (Å²) in [6.45, 7) is 6.61. The van der Waals surface area contributed by atoms with E-state index in [9.17, 15) is 4.79 Å². The predicted molar refractivity (Wildman–Crippen MR) is 84.4 cm³/mol. The van der Waals surface area contributed by atoms with Crippen LogP contribution in [0, 0.1) is 6.92 Å². The topological polar surface area (TPSA) is 59.0 Å². The minimum atomic E-state index is -0.0507. The molecule has 5 heteroatoms. The van der Waals surface area contributed by atoms with Gasteiger partial charge in [0.2, 0.25) is 0 Å². The molecule has 2 N–H and O–H groups in total. The maximum Gasteiger partial charge on any atom is 0.251 e. The van der Waals surface area contributed by atoms with Gasteiger partial charge >= 0.3 is 0 Å². The van der Waals surface area contributed by atoms with Crippen LogP contribution in [-0.4, -0.2) is 22.0 Å². The number of nitrogens with zero attached hydrogens (tertiary/aromatic N) is 2. The number of benzene rings is 1. The number of carbonyl (C=O) groups is 1. The Labute approximate surface area is 125 Å². The molecule has 0 aliphatic rings. The van der Waals surface area contributed by atoms with Gasteiger partial charge in [-0.1, -0.05) is 6.07 Å². The molecule has 0 saturated carbocycles. The first-order valence-electron chi connectivity index (χ1n) is 7.15. The predicted octanol–water partition coefficient (Wildman–Crippen LogP) is 2.65. The van der Waals surface area contributed by atoms with Crippen molar-refractivity contribution in [2.45, 2.75) is 26.8 Å². The summed E-state index contributed by atoms with van der Waals surface area (Å²) in [5.41, 5.74) is 2.72. The van der Waals surface area contributed by atoms with Gasteiger partial charge in [-0.25, -0.2) is 4.98 Å². The highest BCUT2D eigenvalue weighted by Gasteiger charge is 2.13. The van der Waals surface area contributed by atoms with Crippen molar-refractivity contribution in [3.63, 3.8) is 0 Å². The smallest absolute Gasteiger partial charge is 0.251 e. The molecule has 21 heavy (non-hydrogen) atoms. The third kappa shape index (κ3) is 3.42. The third-order valence-electron chi connectivity index (χ3n) is 3.45. The summed E-state index contributed by atoms with van der Waals surface area (Å²) in [6.07, 6.45) is 3.71. The van der Waals surface area contributed by atoms with Gasteiger partial charge in [-0.05, 0) is 38.5 Å². The van der Waals surface area contributed by atoms with Gasteiger partial charge in [-0.15, -0.1) is 0 Å². The largest absolute Gasteiger partial charge is 0.375 e. The van der Waals surface area contributed by atoms with Crippen molar-refractivity contribution in [3.05, 3.63) is 47.5 Å². The van der Waals surface area contributed by atoms with Gasteiger partial charge in [-0.2, -0.15) is 0 Å². The first kappa shape index (κ1) is 15.1. The summed E-state index contributed by atoms with van der Waals surface area (Å²) in [7, 11) is 1.97. The van der Waals surface area contributed by atoms with Gasteiger partial charge in [0.1, 0.15) is 5.82 Å². The van der Waals surface area contributed by atoms with E-state index in [2.05, 4.69) is 22.5 Å². The molecule has 0 saturated heterocycles. The lowest BCUT2D eigenvalue weighted by Gasteiger charge is -2.17. The lowest BCUT2D eigenvalue weighted by molar-refractivity contribution is 0.0956. The van der Waals surface area contributed by atoms with Crippen LogP contribution < -0.4 is 10.6 Å². The Kier molecular flexibility index (Phi) is 4.62. The van der Waals surface area contributed by atoms with Crippen LogP contribution in [0.5, 0.6) is 0 Å². The number of carbonyl (C=O) groups excluding carboxylic acids is 1. The number of aryl methyl sites for hydroxylation is 2. The summed E-state index contributed by atoms with van der Waals surface area (Å²) in [5, 5.41) is 6.24. The second-order valence-corrected chi connectivity index (χ2v) is 5.15. The van der Waals surface area contributed by atoms with Crippen LogP contribution in [0.3, 0.4) is 0 Å². The van der Waals surface area contributed by atoms with E-state index < -0.39 is 0 Å². The lowest BCUT2D eigenvalue weighted by atomic mass is 10.1. The van der Waals surface area contributed by atoms with E-state index in [1.807, 2.05) is 49.9 Å². The van der Waals surface area contributed by atoms with Gasteiger partial charge in [0.05, 0.1) is 6.04 Å². The fourth-order valence-electron chi connectivity index (χ4n) is 2.27. The van der Waals surface area contributed by atoms with Crippen LogP contribution >= 0.6 is 0 Å². The van der Waals surface area contributed by atoms with Crippen molar-refractivity contribution >= 4 is 11.6 Å². The second-order valence-electron chi connectivity index (χ2n) is 5.15. The molecule has 0 radical (unpaired) electrons. The first-order valence-corrected chi connectivity index (χ1v) is 7.15. The Balaban J connectivity index is 2.21. The van der Waals surface area contributed by atoms with Crippen molar-refractivity contribution in [2.24, 2.45) is 7.05 Å². The van der Waals surface area contributed by atoms with Crippen molar-refractivity contribution < 1.29 is 4.79 Å². The van der Waals surface area contributed by atoms with Crippen LogP contribution in [-0.2, 0) is 7.05 Å². The van der Waals surface area contributed by atoms with Crippen LogP contribution in [0.2, 0.25) is 0 Å². The molecule has 5 nitrogen and oxygen atoms in total. The zero-order chi connectivity index (χ0) is 15.4. The number of imidazole rings is 1.